The number of aryl methyl sites for hydroxylation is 2. The lowest BCUT2D eigenvalue weighted by molar-refractivity contribution is -0.120. The molecule has 0 unspecified atom stereocenters. The van der Waals surface area contributed by atoms with E-state index in [2.05, 4.69) is 10.3 Å². The summed E-state index contributed by atoms with van der Waals surface area (Å²) in [6.45, 7) is 4.45. The van der Waals surface area contributed by atoms with E-state index >= 15 is 0 Å². The molecule has 0 spiro atoms. The van der Waals surface area contributed by atoms with Crippen LogP contribution in [0.4, 0.5) is 0 Å². The van der Waals surface area contributed by atoms with Gasteiger partial charge in [0.25, 0.3) is 0 Å². The summed E-state index contributed by atoms with van der Waals surface area (Å²) in [4.78, 5) is 16.5. The summed E-state index contributed by atoms with van der Waals surface area (Å²) in [6.07, 6.45) is 2.03. The van der Waals surface area contributed by atoms with Gasteiger partial charge in [-0.05, 0) is 54.3 Å². The summed E-state index contributed by atoms with van der Waals surface area (Å²) in [6, 6.07) is 17.2. The van der Waals surface area contributed by atoms with Crippen molar-refractivity contribution in [1.29, 1.82) is 0 Å². The van der Waals surface area contributed by atoms with E-state index in [1.165, 1.54) is 0 Å². The van der Waals surface area contributed by atoms with Crippen molar-refractivity contribution in [3.05, 3.63) is 83.2 Å². The summed E-state index contributed by atoms with van der Waals surface area (Å²) in [5, 5.41) is 12.6. The quantitative estimate of drug-likeness (QED) is 0.736. The summed E-state index contributed by atoms with van der Waals surface area (Å²) in [5.41, 5.74) is 5.84. The SMILES string of the molecule is Cc1cc(O)cc(C)c1-c1ccc(CC(=O)NCc2ccccc2)nc1. The predicted molar refractivity (Wildman–Crippen MR) is 103 cm³/mol. The summed E-state index contributed by atoms with van der Waals surface area (Å²) < 4.78 is 0. The van der Waals surface area contributed by atoms with Crippen LogP contribution in [0.5, 0.6) is 5.75 Å². The standard InChI is InChI=1S/C22H22N2O2/c1-15-10-20(25)11-16(2)22(15)18-8-9-19(23-14-18)12-21(26)24-13-17-6-4-3-5-7-17/h3-11,14,25H,12-13H2,1-2H3,(H,24,26). The van der Waals surface area contributed by atoms with Crippen molar-refractivity contribution >= 4 is 5.91 Å². The predicted octanol–water partition coefficient (Wildman–Crippen LogP) is 3.93. The molecule has 0 aliphatic carbocycles. The van der Waals surface area contributed by atoms with Gasteiger partial charge in [-0.15, -0.1) is 0 Å². The van der Waals surface area contributed by atoms with Gasteiger partial charge in [0.1, 0.15) is 5.75 Å². The van der Waals surface area contributed by atoms with E-state index in [9.17, 15) is 9.90 Å². The van der Waals surface area contributed by atoms with Crippen LogP contribution in [0.3, 0.4) is 0 Å². The highest BCUT2D eigenvalue weighted by atomic mass is 16.3. The Bertz CT molecular complexity index is 880. The molecule has 0 atom stereocenters. The van der Waals surface area contributed by atoms with Gasteiger partial charge in [0.15, 0.2) is 0 Å². The number of pyridine rings is 1. The first-order chi connectivity index (χ1) is 12.5. The van der Waals surface area contributed by atoms with Crippen molar-refractivity contribution < 1.29 is 9.90 Å². The lowest BCUT2D eigenvalue weighted by Gasteiger charge is -2.11. The smallest absolute Gasteiger partial charge is 0.226 e. The van der Waals surface area contributed by atoms with Crippen LogP contribution in [0.2, 0.25) is 0 Å². The molecule has 1 heterocycles. The Morgan fingerprint density at radius 2 is 1.73 bits per heavy atom. The molecule has 0 aliphatic rings. The van der Waals surface area contributed by atoms with E-state index in [1.54, 1.807) is 18.3 Å². The molecule has 4 heteroatoms. The van der Waals surface area contributed by atoms with Gasteiger partial charge < -0.3 is 10.4 Å². The highest BCUT2D eigenvalue weighted by Crippen LogP contribution is 2.30. The molecule has 1 amide bonds. The Morgan fingerprint density at radius 1 is 1.04 bits per heavy atom. The molecular weight excluding hydrogens is 324 g/mol. The second kappa shape index (κ2) is 7.83. The van der Waals surface area contributed by atoms with Crippen LogP contribution in [0.15, 0.2) is 60.8 Å². The molecule has 2 aromatic carbocycles. The Labute approximate surface area is 153 Å². The number of nitrogens with zero attached hydrogens (tertiary/aromatic N) is 1. The Hall–Kier alpha value is -3.14. The number of benzene rings is 2. The lowest BCUT2D eigenvalue weighted by atomic mass is 9.96. The first-order valence-electron chi connectivity index (χ1n) is 8.59. The number of carbonyl (C=O) groups excluding carboxylic acids is 1. The van der Waals surface area contributed by atoms with Crippen molar-refractivity contribution in [3.63, 3.8) is 0 Å². The van der Waals surface area contributed by atoms with Gasteiger partial charge in [-0.1, -0.05) is 36.4 Å². The second-order valence-electron chi connectivity index (χ2n) is 6.43. The van der Waals surface area contributed by atoms with E-state index in [1.807, 2.05) is 56.3 Å². The van der Waals surface area contributed by atoms with Crippen molar-refractivity contribution in [1.82, 2.24) is 10.3 Å². The van der Waals surface area contributed by atoms with Crippen molar-refractivity contribution in [3.8, 4) is 16.9 Å². The first-order valence-corrected chi connectivity index (χ1v) is 8.59. The maximum absolute atomic E-state index is 12.1. The second-order valence-corrected chi connectivity index (χ2v) is 6.43. The van der Waals surface area contributed by atoms with E-state index in [-0.39, 0.29) is 18.1 Å². The molecule has 0 radical (unpaired) electrons. The van der Waals surface area contributed by atoms with E-state index in [4.69, 9.17) is 0 Å². The number of hydrogen-bond donors (Lipinski definition) is 2. The Morgan fingerprint density at radius 3 is 2.35 bits per heavy atom. The lowest BCUT2D eigenvalue weighted by Crippen LogP contribution is -2.24. The Kier molecular flexibility index (Phi) is 5.32. The molecule has 132 valence electrons. The fourth-order valence-electron chi connectivity index (χ4n) is 3.10. The summed E-state index contributed by atoms with van der Waals surface area (Å²) >= 11 is 0. The molecule has 4 nitrogen and oxygen atoms in total. The van der Waals surface area contributed by atoms with Crippen LogP contribution in [0.1, 0.15) is 22.4 Å². The molecule has 3 aromatic rings. The summed E-state index contributed by atoms with van der Waals surface area (Å²) in [7, 11) is 0. The Balaban J connectivity index is 1.65. The zero-order valence-corrected chi connectivity index (χ0v) is 15.0. The van der Waals surface area contributed by atoms with Gasteiger partial charge in [-0.2, -0.15) is 0 Å². The largest absolute Gasteiger partial charge is 0.508 e. The molecular formula is C22H22N2O2. The normalized spacial score (nSPS) is 10.5. The van der Waals surface area contributed by atoms with Crippen molar-refractivity contribution in [2.24, 2.45) is 0 Å². The minimum Gasteiger partial charge on any atom is -0.508 e. The third-order valence-electron chi connectivity index (χ3n) is 4.31. The highest BCUT2D eigenvalue weighted by Gasteiger charge is 2.09. The van der Waals surface area contributed by atoms with Crippen LogP contribution in [0, 0.1) is 13.8 Å². The van der Waals surface area contributed by atoms with E-state index in [0.717, 1.165) is 33.5 Å². The van der Waals surface area contributed by atoms with Gasteiger partial charge in [0.2, 0.25) is 5.91 Å². The van der Waals surface area contributed by atoms with E-state index in [0.29, 0.717) is 6.54 Å². The monoisotopic (exact) mass is 346 g/mol. The van der Waals surface area contributed by atoms with Crippen LogP contribution >= 0.6 is 0 Å². The third kappa shape index (κ3) is 4.28. The number of hydrogen-bond acceptors (Lipinski definition) is 3. The molecule has 2 N–H and O–H groups in total. The number of amides is 1. The third-order valence-corrected chi connectivity index (χ3v) is 4.31. The van der Waals surface area contributed by atoms with Gasteiger partial charge in [-0.3, -0.25) is 9.78 Å². The van der Waals surface area contributed by atoms with Gasteiger partial charge in [0, 0.05) is 24.0 Å². The van der Waals surface area contributed by atoms with Crippen molar-refractivity contribution in [2.75, 3.05) is 0 Å². The molecule has 0 saturated heterocycles. The average Bonchev–Trinajstić information content (AvgIpc) is 2.61. The maximum atomic E-state index is 12.1. The highest BCUT2D eigenvalue weighted by molar-refractivity contribution is 5.78. The van der Waals surface area contributed by atoms with E-state index < -0.39 is 0 Å². The number of phenolic OH excluding ortho intramolecular Hbond substituents is 1. The minimum absolute atomic E-state index is 0.0499. The molecule has 0 saturated carbocycles. The fraction of sp³-hybridized carbons (Fsp3) is 0.182. The van der Waals surface area contributed by atoms with Crippen LogP contribution in [0.25, 0.3) is 11.1 Å². The number of phenols is 1. The first kappa shape index (κ1) is 17.7. The molecule has 26 heavy (non-hydrogen) atoms. The number of aromatic hydroxyl groups is 1. The molecule has 0 aliphatic heterocycles. The number of aromatic nitrogens is 1. The maximum Gasteiger partial charge on any atom is 0.226 e. The van der Waals surface area contributed by atoms with Gasteiger partial charge in [0.05, 0.1) is 6.42 Å². The van der Waals surface area contributed by atoms with Gasteiger partial charge in [-0.25, -0.2) is 0 Å². The van der Waals surface area contributed by atoms with Crippen molar-refractivity contribution in [2.45, 2.75) is 26.8 Å². The number of rotatable bonds is 5. The number of nitrogens with one attached hydrogen (secondary N) is 1. The molecule has 0 bridgehead atoms. The summed E-state index contributed by atoms with van der Waals surface area (Å²) in [5.74, 6) is 0.217. The number of carbonyl (C=O) groups is 1. The van der Waals surface area contributed by atoms with Gasteiger partial charge >= 0.3 is 0 Å². The minimum atomic E-state index is -0.0499. The zero-order valence-electron chi connectivity index (χ0n) is 15.0. The van der Waals surface area contributed by atoms with Crippen LogP contribution in [-0.4, -0.2) is 16.0 Å². The van der Waals surface area contributed by atoms with Crippen LogP contribution < -0.4 is 5.32 Å². The average molecular weight is 346 g/mol. The molecule has 0 fully saturated rings. The topological polar surface area (TPSA) is 62.2 Å². The molecule has 3 rings (SSSR count). The zero-order chi connectivity index (χ0) is 18.5. The van der Waals surface area contributed by atoms with Crippen LogP contribution in [-0.2, 0) is 17.8 Å². The fourth-order valence-corrected chi connectivity index (χ4v) is 3.10. The molecule has 1 aromatic heterocycles.